The van der Waals surface area contributed by atoms with Gasteiger partial charge in [-0.3, -0.25) is 14.2 Å². The van der Waals surface area contributed by atoms with E-state index in [2.05, 4.69) is 20.3 Å². The molecule has 24 heavy (non-hydrogen) atoms. The first kappa shape index (κ1) is 15.5. The Bertz CT molecular complexity index is 820. The van der Waals surface area contributed by atoms with Gasteiger partial charge in [0.25, 0.3) is 0 Å². The van der Waals surface area contributed by atoms with E-state index in [4.69, 9.17) is 4.74 Å². The molecule has 2 aliphatic heterocycles. The van der Waals surface area contributed by atoms with Crippen molar-refractivity contribution < 1.29 is 14.3 Å². The number of nitrogens with one attached hydrogen (secondary N) is 1. The normalized spacial score (nSPS) is 27.2. The van der Waals surface area contributed by atoms with E-state index < -0.39 is 5.92 Å². The molecule has 0 spiro atoms. The highest BCUT2D eigenvalue weighted by atomic mass is 32.2. The fourth-order valence-electron chi connectivity index (χ4n) is 3.21. The third-order valence-corrected chi connectivity index (χ3v) is 4.97. The second-order valence-corrected chi connectivity index (χ2v) is 6.79. The van der Waals surface area contributed by atoms with Gasteiger partial charge in [0.15, 0.2) is 16.6 Å². The third kappa shape index (κ3) is 2.39. The molecule has 4 heterocycles. The molecule has 2 aromatic rings. The maximum Gasteiger partial charge on any atom is 0.237 e. The van der Waals surface area contributed by atoms with Crippen LogP contribution in [-0.2, 0) is 14.3 Å². The molecule has 3 unspecified atom stereocenters. The number of fused-ring (bicyclic) bond motifs is 1. The number of Topliss-reactive ketones (excluding diaryl/α,β-unsaturated/α-hetero) is 1. The summed E-state index contributed by atoms with van der Waals surface area (Å²) in [5, 5.41) is 3.08. The number of thioether (sulfide) groups is 1. The van der Waals surface area contributed by atoms with Crippen molar-refractivity contribution in [2.75, 3.05) is 12.8 Å². The number of carbonyl (C=O) groups excluding carboxylic acids is 2. The van der Waals surface area contributed by atoms with E-state index >= 15 is 0 Å². The van der Waals surface area contributed by atoms with Crippen molar-refractivity contribution in [2.45, 2.75) is 43.2 Å². The van der Waals surface area contributed by atoms with Crippen LogP contribution in [0.4, 0.5) is 0 Å². The maximum absolute atomic E-state index is 12.1. The van der Waals surface area contributed by atoms with Gasteiger partial charge in [0.1, 0.15) is 17.7 Å². The summed E-state index contributed by atoms with van der Waals surface area (Å²) in [5.74, 6) is -1.42. The van der Waals surface area contributed by atoms with Crippen molar-refractivity contribution >= 4 is 34.6 Å². The largest absolute Gasteiger partial charge is 0.355 e. The highest BCUT2D eigenvalue weighted by Gasteiger charge is 2.38. The topological polar surface area (TPSA) is 99.0 Å². The predicted octanol–water partition coefficient (Wildman–Crippen LogP) is 1.03. The number of aromatic nitrogens is 4. The Morgan fingerprint density at radius 1 is 1.33 bits per heavy atom. The molecule has 0 aromatic carbocycles. The monoisotopic (exact) mass is 347 g/mol. The van der Waals surface area contributed by atoms with Crippen molar-refractivity contribution in [2.24, 2.45) is 0 Å². The Kier molecular flexibility index (Phi) is 3.76. The molecule has 0 radical (unpaired) electrons. The Morgan fingerprint density at radius 2 is 2.17 bits per heavy atom. The first-order valence-electron chi connectivity index (χ1n) is 7.83. The number of carbonyl (C=O) groups is 2. The van der Waals surface area contributed by atoms with E-state index in [9.17, 15) is 9.59 Å². The van der Waals surface area contributed by atoms with Crippen molar-refractivity contribution in [3.63, 3.8) is 0 Å². The first-order chi connectivity index (χ1) is 11.6. The summed E-state index contributed by atoms with van der Waals surface area (Å²) in [7, 11) is 0. The van der Waals surface area contributed by atoms with E-state index in [0.29, 0.717) is 22.0 Å². The number of amides is 1. The molecule has 126 valence electrons. The molecule has 1 amide bonds. The Balaban J connectivity index is 1.87. The number of rotatable bonds is 3. The van der Waals surface area contributed by atoms with Crippen molar-refractivity contribution in [3.05, 3.63) is 12.0 Å². The molecule has 2 saturated heterocycles. The SMILES string of the molecule is CSc1nc(C2C(=O)CNC2=O)c2ncn(C3CCC(C)O3)c2n1. The Labute approximate surface area is 142 Å². The van der Waals surface area contributed by atoms with Gasteiger partial charge < -0.3 is 10.1 Å². The van der Waals surface area contributed by atoms with Crippen LogP contribution in [0.2, 0.25) is 0 Å². The van der Waals surface area contributed by atoms with Crippen molar-refractivity contribution in [1.29, 1.82) is 0 Å². The van der Waals surface area contributed by atoms with Crippen LogP contribution in [-0.4, -0.2) is 50.1 Å². The Morgan fingerprint density at radius 3 is 2.79 bits per heavy atom. The summed E-state index contributed by atoms with van der Waals surface area (Å²) in [4.78, 5) is 37.5. The van der Waals surface area contributed by atoms with Gasteiger partial charge in [0.2, 0.25) is 5.91 Å². The van der Waals surface area contributed by atoms with Crippen LogP contribution in [0.1, 0.15) is 37.6 Å². The smallest absolute Gasteiger partial charge is 0.237 e. The van der Waals surface area contributed by atoms with Gasteiger partial charge in [-0.25, -0.2) is 15.0 Å². The summed E-state index contributed by atoms with van der Waals surface area (Å²) >= 11 is 1.37. The highest BCUT2D eigenvalue weighted by molar-refractivity contribution is 7.98. The zero-order chi connectivity index (χ0) is 16.8. The van der Waals surface area contributed by atoms with Gasteiger partial charge in [0, 0.05) is 0 Å². The average Bonchev–Trinajstić information content (AvgIpc) is 3.26. The first-order valence-corrected chi connectivity index (χ1v) is 9.05. The lowest BCUT2D eigenvalue weighted by Gasteiger charge is -2.14. The van der Waals surface area contributed by atoms with Gasteiger partial charge >= 0.3 is 0 Å². The number of hydrogen-bond donors (Lipinski definition) is 1. The predicted molar refractivity (Wildman–Crippen MR) is 86.7 cm³/mol. The van der Waals surface area contributed by atoms with Crippen molar-refractivity contribution in [3.8, 4) is 0 Å². The number of imidazole rings is 1. The van der Waals surface area contributed by atoms with Gasteiger partial charge in [-0.1, -0.05) is 11.8 Å². The number of nitrogens with zero attached hydrogens (tertiary/aromatic N) is 4. The molecule has 2 aliphatic rings. The van der Waals surface area contributed by atoms with E-state index in [1.54, 1.807) is 6.33 Å². The lowest BCUT2D eigenvalue weighted by molar-refractivity contribution is -0.124. The molecular formula is C15H17N5O3S. The van der Waals surface area contributed by atoms with Crippen LogP contribution in [0.5, 0.6) is 0 Å². The minimum absolute atomic E-state index is 0.0353. The van der Waals surface area contributed by atoms with Crippen LogP contribution in [0.3, 0.4) is 0 Å². The van der Waals surface area contributed by atoms with E-state index in [0.717, 1.165) is 12.8 Å². The number of hydrogen-bond acceptors (Lipinski definition) is 7. The minimum Gasteiger partial charge on any atom is -0.355 e. The van der Waals surface area contributed by atoms with Gasteiger partial charge in [-0.15, -0.1) is 0 Å². The maximum atomic E-state index is 12.1. The molecule has 2 aromatic heterocycles. The second kappa shape index (κ2) is 5.82. The summed E-state index contributed by atoms with van der Waals surface area (Å²) < 4.78 is 7.78. The fourth-order valence-corrected chi connectivity index (χ4v) is 3.58. The molecule has 0 saturated carbocycles. The molecule has 2 fully saturated rings. The van der Waals surface area contributed by atoms with E-state index in [-0.39, 0.29) is 30.6 Å². The molecule has 0 aliphatic carbocycles. The Hall–Kier alpha value is -2.00. The van der Waals surface area contributed by atoms with Gasteiger partial charge in [-0.05, 0) is 26.0 Å². The van der Waals surface area contributed by atoms with Crippen molar-refractivity contribution in [1.82, 2.24) is 24.8 Å². The molecular weight excluding hydrogens is 330 g/mol. The standard InChI is InChI=1S/C15H17N5O3S/c1-7-3-4-9(23-7)20-6-17-12-11(10-8(21)5-16-14(10)22)18-15(24-2)19-13(12)20/h6-7,9-10H,3-5H2,1-2H3,(H,16,22). The molecule has 3 atom stereocenters. The zero-order valence-corrected chi connectivity index (χ0v) is 14.2. The summed E-state index contributed by atoms with van der Waals surface area (Å²) in [6.07, 6.45) is 5.43. The summed E-state index contributed by atoms with van der Waals surface area (Å²) in [6, 6.07) is 0. The van der Waals surface area contributed by atoms with Crippen LogP contribution in [0.15, 0.2) is 11.5 Å². The van der Waals surface area contributed by atoms with E-state index in [1.807, 2.05) is 17.7 Å². The molecule has 4 rings (SSSR count). The van der Waals surface area contributed by atoms with Gasteiger partial charge in [0.05, 0.1) is 24.7 Å². The highest BCUT2D eigenvalue weighted by Crippen LogP contribution is 2.33. The number of ether oxygens (including phenoxy) is 1. The number of ketones is 1. The lowest BCUT2D eigenvalue weighted by Crippen LogP contribution is -2.20. The lowest BCUT2D eigenvalue weighted by atomic mass is 10.0. The zero-order valence-electron chi connectivity index (χ0n) is 13.4. The van der Waals surface area contributed by atoms with Gasteiger partial charge in [-0.2, -0.15) is 0 Å². The van der Waals surface area contributed by atoms with Crippen LogP contribution in [0.25, 0.3) is 11.2 Å². The summed E-state index contributed by atoms with van der Waals surface area (Å²) in [5.41, 5.74) is 1.48. The summed E-state index contributed by atoms with van der Waals surface area (Å²) in [6.45, 7) is 2.07. The third-order valence-electron chi connectivity index (χ3n) is 4.42. The van der Waals surface area contributed by atoms with Crippen LogP contribution in [0, 0.1) is 0 Å². The van der Waals surface area contributed by atoms with Crippen LogP contribution >= 0.6 is 11.8 Å². The fraction of sp³-hybridized carbons (Fsp3) is 0.533. The molecule has 8 nitrogen and oxygen atoms in total. The molecule has 1 N–H and O–H groups in total. The minimum atomic E-state index is -0.909. The second-order valence-electron chi connectivity index (χ2n) is 6.02. The molecule has 0 bridgehead atoms. The molecule has 9 heteroatoms. The average molecular weight is 347 g/mol. The quantitative estimate of drug-likeness (QED) is 0.503. The van der Waals surface area contributed by atoms with E-state index in [1.165, 1.54) is 11.8 Å². The van der Waals surface area contributed by atoms with Crippen LogP contribution < -0.4 is 5.32 Å².